The molecule has 5 nitrogen and oxygen atoms in total. The minimum Gasteiger partial charge on any atom is -0.490 e. The number of hydrogen-bond acceptors (Lipinski definition) is 3. The predicted octanol–water partition coefficient (Wildman–Crippen LogP) is 1.58. The molecule has 1 aromatic rings. The minimum absolute atomic E-state index is 0.0716. The number of benzene rings is 1. The van der Waals surface area contributed by atoms with Crippen LogP contribution in [0.4, 0.5) is 0 Å². The van der Waals surface area contributed by atoms with Crippen LogP contribution in [0, 0.1) is 0 Å². The van der Waals surface area contributed by atoms with Crippen molar-refractivity contribution < 1.29 is 14.3 Å². The van der Waals surface area contributed by atoms with Crippen molar-refractivity contribution >= 4 is 11.8 Å². The van der Waals surface area contributed by atoms with E-state index >= 15 is 0 Å². The lowest BCUT2D eigenvalue weighted by atomic mass is 10.1. The maximum Gasteiger partial charge on any atom is 0.258 e. The number of para-hydroxylation sites is 1. The number of piperazine rings is 1. The van der Waals surface area contributed by atoms with Crippen LogP contribution in [0.25, 0.3) is 0 Å². The van der Waals surface area contributed by atoms with Gasteiger partial charge in [-0.05, 0) is 31.4 Å². The smallest absolute Gasteiger partial charge is 0.258 e. The molecule has 3 rings (SSSR count). The van der Waals surface area contributed by atoms with E-state index in [1.165, 1.54) is 0 Å². The van der Waals surface area contributed by atoms with Gasteiger partial charge >= 0.3 is 0 Å². The van der Waals surface area contributed by atoms with Gasteiger partial charge in [-0.25, -0.2) is 0 Å². The highest BCUT2D eigenvalue weighted by Crippen LogP contribution is 2.30. The van der Waals surface area contributed by atoms with Crippen LogP contribution < -0.4 is 10.1 Å². The molecule has 0 aromatic heterocycles. The zero-order chi connectivity index (χ0) is 14.8. The molecule has 1 aliphatic carbocycles. The van der Waals surface area contributed by atoms with Crippen molar-refractivity contribution in [3.63, 3.8) is 0 Å². The number of carbonyl (C=O) groups is 2. The quantitative estimate of drug-likeness (QED) is 0.915. The zero-order valence-corrected chi connectivity index (χ0v) is 12.2. The van der Waals surface area contributed by atoms with E-state index < -0.39 is 0 Å². The molecule has 0 radical (unpaired) electrons. The van der Waals surface area contributed by atoms with Gasteiger partial charge in [-0.3, -0.25) is 9.59 Å². The Bertz CT molecular complexity index is 554. The van der Waals surface area contributed by atoms with Gasteiger partial charge in [-0.15, -0.1) is 0 Å². The molecule has 0 spiro atoms. The molecule has 2 amide bonds. The van der Waals surface area contributed by atoms with E-state index in [-0.39, 0.29) is 24.0 Å². The van der Waals surface area contributed by atoms with Gasteiger partial charge < -0.3 is 15.0 Å². The van der Waals surface area contributed by atoms with Crippen molar-refractivity contribution in [2.45, 2.75) is 38.3 Å². The second kappa shape index (κ2) is 5.76. The average molecular weight is 288 g/mol. The van der Waals surface area contributed by atoms with E-state index in [0.717, 1.165) is 12.8 Å². The lowest BCUT2D eigenvalue weighted by Gasteiger charge is -2.34. The number of nitrogens with one attached hydrogen (secondary N) is 1. The Hall–Kier alpha value is -2.04. The lowest BCUT2D eigenvalue weighted by Crippen LogP contribution is -2.56. The molecule has 1 atom stereocenters. The Morgan fingerprint density at radius 1 is 1.38 bits per heavy atom. The van der Waals surface area contributed by atoms with Crippen molar-refractivity contribution in [3.8, 4) is 5.75 Å². The molecule has 1 heterocycles. The van der Waals surface area contributed by atoms with Gasteiger partial charge in [0.1, 0.15) is 11.8 Å². The summed E-state index contributed by atoms with van der Waals surface area (Å²) in [5, 5.41) is 2.81. The second-order valence-corrected chi connectivity index (χ2v) is 5.53. The Morgan fingerprint density at radius 3 is 2.86 bits per heavy atom. The Labute approximate surface area is 124 Å². The molecule has 1 aliphatic heterocycles. The number of amides is 2. The van der Waals surface area contributed by atoms with Crippen molar-refractivity contribution in [1.82, 2.24) is 10.2 Å². The summed E-state index contributed by atoms with van der Waals surface area (Å²) in [6.07, 6.45) is 2.95. The van der Waals surface area contributed by atoms with Crippen molar-refractivity contribution in [3.05, 3.63) is 29.8 Å². The van der Waals surface area contributed by atoms with Crippen molar-refractivity contribution in [2.75, 3.05) is 13.1 Å². The van der Waals surface area contributed by atoms with Gasteiger partial charge in [0.25, 0.3) is 5.91 Å². The van der Waals surface area contributed by atoms with Gasteiger partial charge in [-0.1, -0.05) is 19.1 Å². The topological polar surface area (TPSA) is 58.6 Å². The highest BCUT2D eigenvalue weighted by atomic mass is 16.5. The third-order valence-corrected chi connectivity index (χ3v) is 3.91. The van der Waals surface area contributed by atoms with E-state index in [1.54, 1.807) is 11.0 Å². The summed E-state index contributed by atoms with van der Waals surface area (Å²) in [6, 6.07) is 6.92. The molecule has 2 aliphatic rings. The molecule has 21 heavy (non-hydrogen) atoms. The van der Waals surface area contributed by atoms with Crippen LogP contribution in [0.2, 0.25) is 0 Å². The maximum absolute atomic E-state index is 12.8. The lowest BCUT2D eigenvalue weighted by molar-refractivity contribution is -0.127. The molecular weight excluding hydrogens is 268 g/mol. The SMILES string of the molecule is CCC1C(=O)NCCN1C(=O)c1ccccc1OC1CC1. The van der Waals surface area contributed by atoms with Gasteiger partial charge in [-0.2, -0.15) is 0 Å². The molecule has 1 saturated heterocycles. The molecule has 112 valence electrons. The van der Waals surface area contributed by atoms with Crippen LogP contribution in [0.1, 0.15) is 36.5 Å². The fraction of sp³-hybridized carbons (Fsp3) is 0.500. The van der Waals surface area contributed by atoms with E-state index in [0.29, 0.717) is 30.8 Å². The van der Waals surface area contributed by atoms with E-state index in [9.17, 15) is 9.59 Å². The zero-order valence-electron chi connectivity index (χ0n) is 12.2. The summed E-state index contributed by atoms with van der Waals surface area (Å²) in [7, 11) is 0. The minimum atomic E-state index is -0.389. The summed E-state index contributed by atoms with van der Waals surface area (Å²) in [5.74, 6) is 0.441. The summed E-state index contributed by atoms with van der Waals surface area (Å²) < 4.78 is 5.82. The molecular formula is C16H20N2O3. The Balaban J connectivity index is 1.85. The molecule has 0 bridgehead atoms. The molecule has 2 fully saturated rings. The van der Waals surface area contributed by atoms with Gasteiger partial charge in [0.15, 0.2) is 0 Å². The normalized spacial score (nSPS) is 21.9. The summed E-state index contributed by atoms with van der Waals surface area (Å²) in [4.78, 5) is 26.4. The fourth-order valence-electron chi connectivity index (χ4n) is 2.63. The van der Waals surface area contributed by atoms with E-state index in [1.807, 2.05) is 25.1 Å². The van der Waals surface area contributed by atoms with Crippen LogP contribution in [0.5, 0.6) is 5.75 Å². The number of ether oxygens (including phenoxy) is 1. The van der Waals surface area contributed by atoms with Gasteiger partial charge in [0, 0.05) is 13.1 Å². The van der Waals surface area contributed by atoms with Crippen molar-refractivity contribution in [1.29, 1.82) is 0 Å². The number of hydrogen-bond donors (Lipinski definition) is 1. The maximum atomic E-state index is 12.8. The van der Waals surface area contributed by atoms with Crippen LogP contribution >= 0.6 is 0 Å². The first kappa shape index (κ1) is 13.9. The number of carbonyl (C=O) groups excluding carboxylic acids is 2. The van der Waals surface area contributed by atoms with Gasteiger partial charge in [0.2, 0.25) is 5.91 Å². The standard InChI is InChI=1S/C16H20N2O3/c1-2-13-15(19)17-9-10-18(13)16(20)12-5-3-4-6-14(12)21-11-7-8-11/h3-6,11,13H,2,7-10H2,1H3,(H,17,19). The van der Waals surface area contributed by atoms with Crippen molar-refractivity contribution in [2.24, 2.45) is 0 Å². The summed E-state index contributed by atoms with van der Waals surface area (Å²) in [5.41, 5.74) is 0.553. The molecule has 5 heteroatoms. The number of nitrogens with zero attached hydrogens (tertiary/aromatic N) is 1. The average Bonchev–Trinajstić information content (AvgIpc) is 3.31. The van der Waals surface area contributed by atoms with E-state index in [4.69, 9.17) is 4.74 Å². The first-order valence-electron chi connectivity index (χ1n) is 7.55. The van der Waals surface area contributed by atoms with Gasteiger partial charge in [0.05, 0.1) is 11.7 Å². The molecule has 1 saturated carbocycles. The van der Waals surface area contributed by atoms with E-state index in [2.05, 4.69) is 5.32 Å². The fourth-order valence-corrected chi connectivity index (χ4v) is 2.63. The molecule has 1 unspecified atom stereocenters. The third-order valence-electron chi connectivity index (χ3n) is 3.91. The van der Waals surface area contributed by atoms with Crippen LogP contribution in [-0.2, 0) is 4.79 Å². The monoisotopic (exact) mass is 288 g/mol. The molecule has 1 aromatic carbocycles. The Kier molecular flexibility index (Phi) is 3.82. The molecule has 1 N–H and O–H groups in total. The second-order valence-electron chi connectivity index (χ2n) is 5.53. The van der Waals surface area contributed by atoms with Crippen LogP contribution in [0.3, 0.4) is 0 Å². The largest absolute Gasteiger partial charge is 0.490 e. The van der Waals surface area contributed by atoms with Crippen LogP contribution in [0.15, 0.2) is 24.3 Å². The predicted molar refractivity (Wildman–Crippen MR) is 78.2 cm³/mol. The summed E-state index contributed by atoms with van der Waals surface area (Å²) >= 11 is 0. The third kappa shape index (κ3) is 2.86. The Morgan fingerprint density at radius 2 is 2.14 bits per heavy atom. The first-order chi connectivity index (χ1) is 10.2. The summed E-state index contributed by atoms with van der Waals surface area (Å²) in [6.45, 7) is 2.97. The highest BCUT2D eigenvalue weighted by Gasteiger charge is 2.34. The first-order valence-corrected chi connectivity index (χ1v) is 7.55. The van der Waals surface area contributed by atoms with Crippen LogP contribution in [-0.4, -0.2) is 41.9 Å². The number of rotatable bonds is 4. The highest BCUT2D eigenvalue weighted by molar-refractivity contribution is 6.00.